The third-order valence-corrected chi connectivity index (χ3v) is 3.09. The van der Waals surface area contributed by atoms with E-state index in [1.54, 1.807) is 4.68 Å². The molecule has 1 aromatic heterocycles. The molecule has 1 aliphatic heterocycles. The zero-order chi connectivity index (χ0) is 11.3. The van der Waals surface area contributed by atoms with Gasteiger partial charge in [0.05, 0.1) is 5.69 Å². The number of hydrogen-bond donors (Lipinski definition) is 0. The van der Waals surface area contributed by atoms with Crippen LogP contribution in [-0.2, 0) is 0 Å². The molecule has 0 saturated carbocycles. The van der Waals surface area contributed by atoms with Gasteiger partial charge in [-0.2, -0.15) is 5.10 Å². The van der Waals surface area contributed by atoms with Crippen molar-refractivity contribution in [3.05, 3.63) is 41.0 Å². The van der Waals surface area contributed by atoms with E-state index in [-0.39, 0.29) is 11.8 Å². The fourth-order valence-corrected chi connectivity index (χ4v) is 2.11. The summed E-state index contributed by atoms with van der Waals surface area (Å²) in [5.41, 5.74) is 2.42. The number of hydrogen-bond acceptors (Lipinski definition) is 2. The van der Waals surface area contributed by atoms with E-state index >= 15 is 0 Å². The summed E-state index contributed by atoms with van der Waals surface area (Å²) in [5, 5.41) is 5.05. The summed E-state index contributed by atoms with van der Waals surface area (Å²) in [5.74, 6) is 0.153. The van der Waals surface area contributed by atoms with Gasteiger partial charge in [0.25, 0.3) is 0 Å². The minimum atomic E-state index is -0.122. The van der Waals surface area contributed by atoms with Gasteiger partial charge in [-0.15, -0.1) is 0 Å². The Morgan fingerprint density at radius 3 is 2.88 bits per heavy atom. The average Bonchev–Trinajstić information content (AvgIpc) is 2.69. The van der Waals surface area contributed by atoms with E-state index in [2.05, 4.69) is 5.10 Å². The molecule has 0 spiro atoms. The Labute approximate surface area is 97.6 Å². The molecule has 0 fully saturated rings. The largest absolute Gasteiger partial charge is 0.290 e. The van der Waals surface area contributed by atoms with E-state index in [1.165, 1.54) is 0 Å². The Morgan fingerprint density at radius 2 is 2.19 bits per heavy atom. The van der Waals surface area contributed by atoms with Gasteiger partial charge < -0.3 is 0 Å². The predicted molar refractivity (Wildman–Crippen MR) is 61.7 cm³/mol. The van der Waals surface area contributed by atoms with Crippen molar-refractivity contribution < 1.29 is 4.79 Å². The fourth-order valence-electron chi connectivity index (χ4n) is 1.92. The van der Waals surface area contributed by atoms with Gasteiger partial charge in [-0.25, -0.2) is 0 Å². The predicted octanol–water partition coefficient (Wildman–Crippen LogP) is 2.96. The highest BCUT2D eigenvalue weighted by Gasteiger charge is 2.34. The number of nitrogens with zero attached hydrogens (tertiary/aromatic N) is 2. The highest BCUT2D eigenvalue weighted by atomic mass is 35.5. The molecule has 1 aliphatic rings. The summed E-state index contributed by atoms with van der Waals surface area (Å²) in [6, 6.07) is 9.16. The van der Waals surface area contributed by atoms with Crippen molar-refractivity contribution >= 4 is 17.4 Å². The van der Waals surface area contributed by atoms with Crippen molar-refractivity contribution in [3.63, 3.8) is 0 Å². The Bertz CT molecular complexity index is 588. The monoisotopic (exact) mass is 232 g/mol. The van der Waals surface area contributed by atoms with Gasteiger partial charge in [-0.1, -0.05) is 23.7 Å². The normalized spacial score (nSPS) is 18.1. The maximum absolute atomic E-state index is 11.5. The summed E-state index contributed by atoms with van der Waals surface area (Å²) in [6.07, 6.45) is 0. The minimum Gasteiger partial charge on any atom is -0.290 e. The first-order chi connectivity index (χ1) is 7.66. The zero-order valence-electron chi connectivity index (χ0n) is 8.64. The molecule has 1 aromatic carbocycles. The first-order valence-corrected chi connectivity index (χ1v) is 5.44. The van der Waals surface area contributed by atoms with Crippen LogP contribution in [0.3, 0.4) is 0 Å². The van der Waals surface area contributed by atoms with Crippen LogP contribution in [0, 0.1) is 0 Å². The van der Waals surface area contributed by atoms with Crippen molar-refractivity contribution in [1.29, 1.82) is 0 Å². The first kappa shape index (κ1) is 9.60. The third kappa shape index (κ3) is 1.21. The van der Waals surface area contributed by atoms with Gasteiger partial charge in [-0.3, -0.25) is 9.48 Å². The molecule has 1 atom stereocenters. The Kier molecular flexibility index (Phi) is 1.91. The van der Waals surface area contributed by atoms with E-state index < -0.39 is 0 Å². The van der Waals surface area contributed by atoms with Crippen molar-refractivity contribution in [2.75, 3.05) is 0 Å². The van der Waals surface area contributed by atoms with E-state index in [1.807, 2.05) is 37.3 Å². The Morgan fingerprint density at radius 1 is 1.38 bits per heavy atom. The summed E-state index contributed by atoms with van der Waals surface area (Å²) < 4.78 is 1.75. The second-order valence-electron chi connectivity index (χ2n) is 3.91. The lowest BCUT2D eigenvalue weighted by atomic mass is 10.0. The van der Waals surface area contributed by atoms with E-state index in [9.17, 15) is 4.79 Å². The van der Waals surface area contributed by atoms with Crippen LogP contribution in [0.5, 0.6) is 0 Å². The van der Waals surface area contributed by atoms with Crippen LogP contribution < -0.4 is 0 Å². The second-order valence-corrected chi connectivity index (χ2v) is 4.35. The van der Waals surface area contributed by atoms with Gasteiger partial charge >= 0.3 is 0 Å². The van der Waals surface area contributed by atoms with Crippen molar-refractivity contribution in [2.24, 2.45) is 0 Å². The van der Waals surface area contributed by atoms with Crippen LogP contribution in [0.1, 0.15) is 23.5 Å². The molecule has 3 nitrogen and oxygen atoms in total. The summed E-state index contributed by atoms with van der Waals surface area (Å²) >= 11 is 5.91. The standard InChI is InChI=1S/C12H9ClN2O/c1-7-12(16)11-6-10(14-15(7)11)8-3-2-4-9(13)5-8/h2-7H,1H3. The molecule has 4 heteroatoms. The second kappa shape index (κ2) is 3.19. The molecule has 0 N–H and O–H groups in total. The van der Waals surface area contributed by atoms with Crippen LogP contribution in [0.4, 0.5) is 0 Å². The van der Waals surface area contributed by atoms with Crippen LogP contribution in [0.2, 0.25) is 5.02 Å². The molecule has 3 rings (SSSR count). The van der Waals surface area contributed by atoms with Crippen molar-refractivity contribution in [3.8, 4) is 11.3 Å². The fraction of sp³-hybridized carbons (Fsp3) is 0.167. The average molecular weight is 233 g/mol. The Hall–Kier alpha value is -1.61. The lowest BCUT2D eigenvalue weighted by molar-refractivity contribution is 0.0846. The zero-order valence-corrected chi connectivity index (χ0v) is 9.40. The number of fused-ring (bicyclic) bond motifs is 1. The smallest absolute Gasteiger partial charge is 0.205 e. The number of halogens is 1. The highest BCUT2D eigenvalue weighted by molar-refractivity contribution is 6.30. The van der Waals surface area contributed by atoms with Gasteiger partial charge in [-0.05, 0) is 25.1 Å². The number of Topliss-reactive ketones (excluding diaryl/α,β-unsaturated/α-hetero) is 1. The molecule has 0 aliphatic carbocycles. The number of benzene rings is 1. The van der Waals surface area contributed by atoms with E-state index in [0.717, 1.165) is 11.3 Å². The van der Waals surface area contributed by atoms with Crippen LogP contribution in [-0.4, -0.2) is 15.6 Å². The number of ketones is 1. The number of carbonyl (C=O) groups excluding carboxylic acids is 1. The molecule has 1 unspecified atom stereocenters. The van der Waals surface area contributed by atoms with Crippen LogP contribution >= 0.6 is 11.6 Å². The maximum Gasteiger partial charge on any atom is 0.205 e. The first-order valence-electron chi connectivity index (χ1n) is 5.06. The molecule has 2 aromatic rings. The molecule has 0 radical (unpaired) electrons. The lowest BCUT2D eigenvalue weighted by Gasteiger charge is -2.22. The van der Waals surface area contributed by atoms with Crippen LogP contribution in [0.15, 0.2) is 30.3 Å². The Balaban J connectivity index is 2.09. The third-order valence-electron chi connectivity index (χ3n) is 2.85. The van der Waals surface area contributed by atoms with Gasteiger partial charge in [0, 0.05) is 10.6 Å². The maximum atomic E-state index is 11.5. The van der Waals surface area contributed by atoms with Gasteiger partial charge in [0.2, 0.25) is 5.78 Å². The van der Waals surface area contributed by atoms with Crippen LogP contribution in [0.25, 0.3) is 11.3 Å². The lowest BCUT2D eigenvalue weighted by Crippen LogP contribution is -2.32. The van der Waals surface area contributed by atoms with Gasteiger partial charge in [0.15, 0.2) is 0 Å². The van der Waals surface area contributed by atoms with E-state index in [4.69, 9.17) is 11.6 Å². The molecule has 0 amide bonds. The number of carbonyl (C=O) groups is 1. The summed E-state index contributed by atoms with van der Waals surface area (Å²) in [6.45, 7) is 1.85. The highest BCUT2D eigenvalue weighted by Crippen LogP contribution is 2.31. The van der Waals surface area contributed by atoms with Gasteiger partial charge in [0.1, 0.15) is 11.7 Å². The molecule has 2 heterocycles. The molecular weight excluding hydrogens is 224 g/mol. The molecule has 0 saturated heterocycles. The minimum absolute atomic E-state index is 0.122. The molecule has 16 heavy (non-hydrogen) atoms. The molecule has 0 bridgehead atoms. The summed E-state index contributed by atoms with van der Waals surface area (Å²) in [7, 11) is 0. The molecular formula is C12H9ClN2O. The van der Waals surface area contributed by atoms with Crippen molar-refractivity contribution in [2.45, 2.75) is 13.0 Å². The number of rotatable bonds is 1. The number of aromatic nitrogens is 2. The quantitative estimate of drug-likeness (QED) is 0.758. The SMILES string of the molecule is CC1C(=O)c2cc(-c3cccc(Cl)c3)nn21. The topological polar surface area (TPSA) is 34.9 Å². The van der Waals surface area contributed by atoms with Crippen molar-refractivity contribution in [1.82, 2.24) is 9.78 Å². The van der Waals surface area contributed by atoms with E-state index in [0.29, 0.717) is 10.7 Å². The summed E-state index contributed by atoms with van der Waals surface area (Å²) in [4.78, 5) is 11.5. The molecule has 80 valence electrons.